The van der Waals surface area contributed by atoms with Gasteiger partial charge in [-0.15, -0.1) is 0 Å². The zero-order valence-corrected chi connectivity index (χ0v) is 33.8. The van der Waals surface area contributed by atoms with Crippen LogP contribution in [0.3, 0.4) is 0 Å². The van der Waals surface area contributed by atoms with Gasteiger partial charge in [0.15, 0.2) is 0 Å². The molecule has 0 aliphatic carbocycles. The summed E-state index contributed by atoms with van der Waals surface area (Å²) in [6.07, 6.45) is 4.34. The van der Waals surface area contributed by atoms with Gasteiger partial charge in [0.2, 0.25) is 0 Å². The molecule has 62 heavy (non-hydrogen) atoms. The molecule has 4 N–H and O–H groups in total. The summed E-state index contributed by atoms with van der Waals surface area (Å²) >= 11 is 0. The lowest BCUT2D eigenvalue weighted by Crippen LogP contribution is -2.16. The number of aromatic amines is 4. The van der Waals surface area contributed by atoms with Crippen molar-refractivity contribution in [2.45, 2.75) is 0 Å². The first-order valence-electron chi connectivity index (χ1n) is 20.9. The maximum atomic E-state index is 3.75. The summed E-state index contributed by atoms with van der Waals surface area (Å²) in [7, 11) is 0. The molecule has 0 spiro atoms. The van der Waals surface area contributed by atoms with Crippen LogP contribution in [0.5, 0.6) is 0 Å². The summed E-state index contributed by atoms with van der Waals surface area (Å²) in [6, 6.07) is 77.0. The number of fused-ring (bicyclic) bond motifs is 8. The zero-order chi connectivity index (χ0) is 41.2. The first-order chi connectivity index (χ1) is 30.7. The highest BCUT2D eigenvalue weighted by Gasteiger charge is 2.17. The van der Waals surface area contributed by atoms with Crippen LogP contribution in [0, 0.1) is 0 Å². The molecular formula is C56H42N6. The fourth-order valence-electron chi connectivity index (χ4n) is 8.57. The van der Waals surface area contributed by atoms with Gasteiger partial charge in [-0.25, -0.2) is 0 Å². The van der Waals surface area contributed by atoms with E-state index in [4.69, 9.17) is 0 Å². The average molecular weight is 799 g/mol. The van der Waals surface area contributed by atoms with E-state index in [1.165, 1.54) is 0 Å². The zero-order valence-electron chi connectivity index (χ0n) is 33.8. The van der Waals surface area contributed by atoms with E-state index in [1.807, 2.05) is 0 Å². The standard InChI is InChI=1S/C56H42N6/c1-5-13-45(14-6-1)61(46-15-7-2-8-16-46)49-29-21-39(22-30-49)55-51-33-25-41(57-51)37-43-27-35-53(59-43)56(54-36-28-44(60-54)38-42-26-34-52(55)58-42)40-23-31-50(32-24-40)62(47-17-9-3-10-18-47)48-19-11-4-12-20-48/h1-38,57-60H. The third-order valence-corrected chi connectivity index (χ3v) is 11.4. The summed E-state index contributed by atoms with van der Waals surface area (Å²) < 4.78 is 0. The second kappa shape index (κ2) is 15.9. The van der Waals surface area contributed by atoms with Crippen LogP contribution in [0.2, 0.25) is 0 Å². The molecule has 6 aromatic carbocycles. The molecule has 0 radical (unpaired) electrons. The average Bonchev–Trinajstić information content (AvgIpc) is 4.17. The first kappa shape index (κ1) is 36.6. The Bertz CT molecular complexity index is 3070. The minimum absolute atomic E-state index is 1.00. The Balaban J connectivity index is 0.999. The number of rotatable bonds is 8. The number of para-hydroxylation sites is 4. The van der Waals surface area contributed by atoms with Gasteiger partial charge in [0.1, 0.15) is 0 Å². The van der Waals surface area contributed by atoms with Crippen molar-refractivity contribution in [3.05, 3.63) is 274 Å². The Kier molecular flexibility index (Phi) is 9.41. The van der Waals surface area contributed by atoms with Crippen LogP contribution in [0.4, 0.5) is 34.1 Å². The van der Waals surface area contributed by atoms with E-state index < -0.39 is 0 Å². The van der Waals surface area contributed by atoms with Gasteiger partial charge in [0, 0.05) is 89.4 Å². The maximum Gasteiger partial charge on any atom is 0.0485 e. The second-order valence-electron chi connectivity index (χ2n) is 15.5. The number of nitrogens with one attached hydrogen (secondary N) is 4. The Morgan fingerprint density at radius 2 is 0.581 bits per heavy atom. The minimum atomic E-state index is 1.00. The smallest absolute Gasteiger partial charge is 0.0485 e. The van der Waals surface area contributed by atoms with Crippen molar-refractivity contribution in [3.8, 4) is 0 Å². The Labute approximate surface area is 359 Å². The van der Waals surface area contributed by atoms with Gasteiger partial charge in [-0.2, -0.15) is 0 Å². The van der Waals surface area contributed by atoms with Gasteiger partial charge in [-0.1, -0.05) is 97.1 Å². The van der Waals surface area contributed by atoms with Crippen molar-refractivity contribution >= 4 is 57.4 Å². The topological polar surface area (TPSA) is 69.6 Å². The van der Waals surface area contributed by atoms with Crippen molar-refractivity contribution in [2.24, 2.45) is 0 Å². The molecule has 0 saturated carbocycles. The SMILES string of the molecule is C1=c2ccc([nH]2)=C(c2ccc(N(c3ccccc3)c3ccccc3)cc2)c2ccc([nH]2)C=c2ccc([nH]2)=C(c2ccc(N(c3ccccc3)c3ccccc3)cc2)c2ccc1[nH]2. The quantitative estimate of drug-likeness (QED) is 0.124. The number of benzene rings is 6. The summed E-state index contributed by atoms with van der Waals surface area (Å²) in [5.74, 6) is 0. The van der Waals surface area contributed by atoms with Gasteiger partial charge >= 0.3 is 0 Å². The molecule has 1 aliphatic heterocycles. The predicted molar refractivity (Wildman–Crippen MR) is 254 cm³/mol. The largest absolute Gasteiger partial charge is 0.355 e. The highest BCUT2D eigenvalue weighted by molar-refractivity contribution is 5.83. The van der Waals surface area contributed by atoms with Crippen molar-refractivity contribution in [3.63, 3.8) is 0 Å². The van der Waals surface area contributed by atoms with Crippen molar-refractivity contribution in [1.82, 2.24) is 19.9 Å². The molecule has 1 aliphatic rings. The van der Waals surface area contributed by atoms with Crippen molar-refractivity contribution in [1.29, 1.82) is 0 Å². The van der Waals surface area contributed by atoms with Crippen LogP contribution in [-0.2, 0) is 0 Å². The molecule has 0 unspecified atom stereocenters. The second-order valence-corrected chi connectivity index (χ2v) is 15.5. The number of anilines is 6. The molecule has 0 amide bonds. The van der Waals surface area contributed by atoms with Gasteiger partial charge in [0.05, 0.1) is 0 Å². The number of nitrogens with zero attached hydrogens (tertiary/aromatic N) is 2. The van der Waals surface area contributed by atoms with E-state index in [2.05, 4.69) is 260 Å². The summed E-state index contributed by atoms with van der Waals surface area (Å²) in [6.45, 7) is 0. The van der Waals surface area contributed by atoms with Crippen molar-refractivity contribution < 1.29 is 0 Å². The van der Waals surface area contributed by atoms with E-state index in [9.17, 15) is 0 Å². The number of hydrogen-bond donors (Lipinski definition) is 4. The monoisotopic (exact) mass is 798 g/mol. The van der Waals surface area contributed by atoms with Crippen LogP contribution in [-0.4, -0.2) is 19.9 Å². The lowest BCUT2D eigenvalue weighted by atomic mass is 10.0. The molecule has 0 fully saturated rings. The Morgan fingerprint density at radius 3 is 0.919 bits per heavy atom. The molecule has 6 nitrogen and oxygen atoms in total. The Morgan fingerprint density at radius 1 is 0.258 bits per heavy atom. The van der Waals surface area contributed by atoms with Crippen LogP contribution in [0.1, 0.15) is 33.9 Å². The molecule has 0 saturated heterocycles. The fourth-order valence-corrected chi connectivity index (χ4v) is 8.57. The molecule has 8 bridgehead atoms. The van der Waals surface area contributed by atoms with Gasteiger partial charge in [-0.05, 0) is 145 Å². The molecular weight excluding hydrogens is 757 g/mol. The molecule has 5 heterocycles. The lowest BCUT2D eigenvalue weighted by Gasteiger charge is -2.25. The fraction of sp³-hybridized carbons (Fsp3) is 0. The highest BCUT2D eigenvalue weighted by Crippen LogP contribution is 2.37. The predicted octanol–water partition coefficient (Wildman–Crippen LogP) is 10.4. The summed E-state index contributed by atoms with van der Waals surface area (Å²) in [5, 5.41) is 4.05. The normalized spacial score (nSPS) is 12.1. The number of aromatic nitrogens is 4. The third-order valence-electron chi connectivity index (χ3n) is 11.4. The highest BCUT2D eigenvalue weighted by atomic mass is 15.1. The maximum absolute atomic E-state index is 3.75. The number of H-pyrrole nitrogens is 4. The molecule has 6 heteroatoms. The van der Waals surface area contributed by atoms with Gasteiger partial charge < -0.3 is 29.7 Å². The van der Waals surface area contributed by atoms with Gasteiger partial charge in [-0.3, -0.25) is 0 Å². The molecule has 296 valence electrons. The van der Waals surface area contributed by atoms with E-state index in [1.54, 1.807) is 0 Å². The van der Waals surface area contributed by atoms with E-state index >= 15 is 0 Å². The van der Waals surface area contributed by atoms with Gasteiger partial charge in [0.25, 0.3) is 0 Å². The van der Waals surface area contributed by atoms with Crippen LogP contribution in [0.15, 0.2) is 218 Å². The molecule has 11 rings (SSSR count). The third kappa shape index (κ3) is 7.16. The molecule has 0 atom stereocenters. The van der Waals surface area contributed by atoms with Crippen LogP contribution < -0.4 is 31.2 Å². The van der Waals surface area contributed by atoms with E-state index in [0.717, 1.165) is 101 Å². The summed E-state index contributed by atoms with van der Waals surface area (Å²) in [4.78, 5) is 19.6. The summed E-state index contributed by atoms with van der Waals surface area (Å²) in [5.41, 5.74) is 15.0. The molecule has 4 aromatic heterocycles. The Hall–Kier alpha value is -8.48. The lowest BCUT2D eigenvalue weighted by molar-refractivity contribution is 1.21. The van der Waals surface area contributed by atoms with E-state index in [0.29, 0.717) is 0 Å². The van der Waals surface area contributed by atoms with Crippen molar-refractivity contribution in [2.75, 3.05) is 9.80 Å². The van der Waals surface area contributed by atoms with Crippen LogP contribution >= 0.6 is 0 Å². The van der Waals surface area contributed by atoms with Crippen LogP contribution in [0.25, 0.3) is 23.3 Å². The molecule has 10 aromatic rings. The minimum Gasteiger partial charge on any atom is -0.355 e. The first-order valence-corrected chi connectivity index (χ1v) is 20.9. The van der Waals surface area contributed by atoms with E-state index in [-0.39, 0.29) is 0 Å². The number of hydrogen-bond acceptors (Lipinski definition) is 2.